The Bertz CT molecular complexity index is 1230. The van der Waals surface area contributed by atoms with Crippen LogP contribution < -0.4 is 10.6 Å². The third-order valence-corrected chi connectivity index (χ3v) is 7.09. The first kappa shape index (κ1) is 31.0. The fourth-order valence-corrected chi connectivity index (χ4v) is 4.63. The number of hydrogen-bond acceptors (Lipinski definition) is 6. The maximum Gasteiger partial charge on any atom is 0.328 e. The van der Waals surface area contributed by atoms with Crippen molar-refractivity contribution in [3.8, 4) is 0 Å². The number of hydrogen-bond donors (Lipinski definition) is 2. The van der Waals surface area contributed by atoms with Gasteiger partial charge in [-0.1, -0.05) is 35.9 Å². The maximum atomic E-state index is 14.2. The Hall–Kier alpha value is -3.57. The molecular weight excluding hydrogens is 548 g/mol. The minimum atomic E-state index is -1.18. The van der Waals surface area contributed by atoms with Crippen LogP contribution in [0.5, 0.6) is 0 Å². The number of amides is 3. The van der Waals surface area contributed by atoms with Crippen molar-refractivity contribution in [2.24, 2.45) is 0 Å². The Kier molecular flexibility index (Phi) is 11.0. The quantitative estimate of drug-likeness (QED) is 0.374. The van der Waals surface area contributed by atoms with E-state index in [9.17, 15) is 28.0 Å². The van der Waals surface area contributed by atoms with Crippen LogP contribution in [0.1, 0.15) is 37.3 Å². The van der Waals surface area contributed by atoms with Crippen LogP contribution in [0.2, 0.25) is 5.02 Å². The molecule has 12 heteroatoms. The molecule has 1 heterocycles. The normalized spacial score (nSPS) is 17.2. The molecule has 1 saturated heterocycles. The summed E-state index contributed by atoms with van der Waals surface area (Å²) < 4.78 is 38.0. The smallest absolute Gasteiger partial charge is 0.328 e. The first-order valence-electron chi connectivity index (χ1n) is 12.7. The van der Waals surface area contributed by atoms with Gasteiger partial charge in [-0.15, -0.1) is 0 Å². The Labute approximate surface area is 236 Å². The first-order valence-corrected chi connectivity index (χ1v) is 13.1. The van der Waals surface area contributed by atoms with E-state index < -0.39 is 53.6 Å². The molecule has 1 aliphatic rings. The van der Waals surface area contributed by atoms with Gasteiger partial charge in [0.25, 0.3) is 0 Å². The molecule has 3 rings (SSSR count). The van der Waals surface area contributed by atoms with Gasteiger partial charge in [0.05, 0.1) is 13.2 Å². The molecule has 0 spiro atoms. The van der Waals surface area contributed by atoms with Crippen molar-refractivity contribution in [1.82, 2.24) is 15.5 Å². The number of carbonyl (C=O) groups excluding carboxylic acids is 4. The highest BCUT2D eigenvalue weighted by atomic mass is 35.5. The van der Waals surface area contributed by atoms with Crippen LogP contribution in [0.4, 0.5) is 8.78 Å². The van der Waals surface area contributed by atoms with Crippen LogP contribution in [0.15, 0.2) is 42.5 Å². The third kappa shape index (κ3) is 7.98. The zero-order chi connectivity index (χ0) is 29.4. The standard InChI is InChI=1S/C28H32ClF2N3O6/c1-16(39-2)26(27(37)32-22(28(38)40-3)13-17-7-9-19(29)10-8-17)33-23(35)14-20-11-12-24(36)34(20)15-18-5-4-6-21(30)25(18)31/h4-10,16,20,22,26H,11-15H2,1-3H3,(H,32,37)(H,33,35)/t16-,20+,22+,26+/m1/s1. The number of likely N-dealkylation sites (tertiary alicyclic amines) is 1. The first-order chi connectivity index (χ1) is 19.0. The van der Waals surface area contributed by atoms with Gasteiger partial charge < -0.3 is 25.0 Å². The number of rotatable bonds is 12. The van der Waals surface area contributed by atoms with Gasteiger partial charge >= 0.3 is 5.97 Å². The van der Waals surface area contributed by atoms with E-state index >= 15 is 0 Å². The summed E-state index contributed by atoms with van der Waals surface area (Å²) in [5.41, 5.74) is 0.724. The van der Waals surface area contributed by atoms with Gasteiger partial charge in [0.15, 0.2) is 11.6 Å². The van der Waals surface area contributed by atoms with Gasteiger partial charge in [-0.2, -0.15) is 0 Å². The predicted molar refractivity (Wildman–Crippen MR) is 142 cm³/mol. The Morgan fingerprint density at radius 1 is 1.10 bits per heavy atom. The lowest BCUT2D eigenvalue weighted by atomic mass is 10.0. The topological polar surface area (TPSA) is 114 Å². The summed E-state index contributed by atoms with van der Waals surface area (Å²) in [6.45, 7) is 1.39. The van der Waals surface area contributed by atoms with Gasteiger partial charge in [0, 0.05) is 49.5 Å². The molecule has 0 aromatic heterocycles. The van der Waals surface area contributed by atoms with Crippen LogP contribution >= 0.6 is 11.6 Å². The SMILES string of the molecule is COC(=O)[C@H](Cc1ccc(Cl)cc1)NC(=O)[C@@H](NC(=O)C[C@@H]1CCC(=O)N1Cc1cccc(F)c1F)[C@@H](C)OC. The monoisotopic (exact) mass is 579 g/mol. The van der Waals surface area contributed by atoms with E-state index in [-0.39, 0.29) is 37.3 Å². The predicted octanol–water partition coefficient (Wildman–Crippen LogP) is 2.92. The molecule has 216 valence electrons. The second-order valence-electron chi connectivity index (χ2n) is 9.53. The number of esters is 1. The molecule has 0 unspecified atom stereocenters. The molecule has 1 aliphatic heterocycles. The van der Waals surface area contributed by atoms with Gasteiger partial charge in [0.1, 0.15) is 12.1 Å². The van der Waals surface area contributed by atoms with E-state index in [1.165, 1.54) is 31.3 Å². The minimum Gasteiger partial charge on any atom is -0.467 e. The maximum absolute atomic E-state index is 14.2. The number of halogens is 3. The molecule has 9 nitrogen and oxygen atoms in total. The fraction of sp³-hybridized carbons (Fsp3) is 0.429. The van der Waals surface area contributed by atoms with Crippen molar-refractivity contribution in [2.45, 2.75) is 63.4 Å². The second kappa shape index (κ2) is 14.2. The van der Waals surface area contributed by atoms with Gasteiger partial charge in [-0.25, -0.2) is 13.6 Å². The van der Waals surface area contributed by atoms with E-state index in [1.807, 2.05) is 0 Å². The fourth-order valence-electron chi connectivity index (χ4n) is 4.51. The van der Waals surface area contributed by atoms with E-state index in [2.05, 4.69) is 10.6 Å². The van der Waals surface area contributed by atoms with E-state index in [0.29, 0.717) is 11.4 Å². The average Bonchev–Trinajstić information content (AvgIpc) is 3.27. The summed E-state index contributed by atoms with van der Waals surface area (Å²) in [5, 5.41) is 5.77. The van der Waals surface area contributed by atoms with Crippen molar-refractivity contribution in [1.29, 1.82) is 0 Å². The Morgan fingerprint density at radius 2 is 1.80 bits per heavy atom. The van der Waals surface area contributed by atoms with Crippen molar-refractivity contribution < 1.29 is 37.4 Å². The number of methoxy groups -OCH3 is 2. The second-order valence-corrected chi connectivity index (χ2v) is 9.97. The molecule has 0 radical (unpaired) electrons. The summed E-state index contributed by atoms with van der Waals surface area (Å²) in [5.74, 6) is -4.27. The van der Waals surface area contributed by atoms with Crippen LogP contribution in [0.3, 0.4) is 0 Å². The highest BCUT2D eigenvalue weighted by molar-refractivity contribution is 6.30. The summed E-state index contributed by atoms with van der Waals surface area (Å²) >= 11 is 5.93. The van der Waals surface area contributed by atoms with Crippen molar-refractivity contribution >= 4 is 35.3 Å². The molecule has 40 heavy (non-hydrogen) atoms. The molecule has 2 aromatic rings. The van der Waals surface area contributed by atoms with Crippen molar-refractivity contribution in [2.75, 3.05) is 14.2 Å². The number of carbonyl (C=O) groups is 4. The van der Waals surface area contributed by atoms with E-state index in [4.69, 9.17) is 21.1 Å². The highest BCUT2D eigenvalue weighted by Crippen LogP contribution is 2.25. The summed E-state index contributed by atoms with van der Waals surface area (Å²) in [7, 11) is 2.57. The lowest BCUT2D eigenvalue weighted by Gasteiger charge is -2.28. The highest BCUT2D eigenvalue weighted by Gasteiger charge is 2.36. The third-order valence-electron chi connectivity index (χ3n) is 6.84. The van der Waals surface area contributed by atoms with Crippen molar-refractivity contribution in [3.05, 3.63) is 70.2 Å². The molecule has 0 saturated carbocycles. The number of nitrogens with one attached hydrogen (secondary N) is 2. The minimum absolute atomic E-state index is 0.000423. The lowest BCUT2D eigenvalue weighted by Crippen LogP contribution is -2.57. The van der Waals surface area contributed by atoms with Crippen LogP contribution in [0, 0.1) is 11.6 Å². The van der Waals surface area contributed by atoms with Gasteiger partial charge in [-0.3, -0.25) is 14.4 Å². The molecule has 4 atom stereocenters. The Balaban J connectivity index is 1.69. The number of ether oxygens (including phenoxy) is 2. The van der Waals surface area contributed by atoms with Gasteiger partial charge in [-0.05, 0) is 37.1 Å². The Morgan fingerprint density at radius 3 is 2.45 bits per heavy atom. The average molecular weight is 580 g/mol. The summed E-state index contributed by atoms with van der Waals surface area (Å²) in [6.07, 6.45) is -0.341. The van der Waals surface area contributed by atoms with Crippen LogP contribution in [-0.4, -0.2) is 67.0 Å². The van der Waals surface area contributed by atoms with E-state index in [1.54, 1.807) is 31.2 Å². The number of benzene rings is 2. The largest absolute Gasteiger partial charge is 0.467 e. The van der Waals surface area contributed by atoms with Crippen molar-refractivity contribution in [3.63, 3.8) is 0 Å². The molecular formula is C28H32ClF2N3O6. The molecule has 0 aliphatic carbocycles. The number of nitrogens with zero attached hydrogens (tertiary/aromatic N) is 1. The molecule has 3 amide bonds. The zero-order valence-electron chi connectivity index (χ0n) is 22.4. The lowest BCUT2D eigenvalue weighted by molar-refractivity contribution is -0.146. The molecule has 1 fully saturated rings. The molecule has 2 aromatic carbocycles. The summed E-state index contributed by atoms with van der Waals surface area (Å²) in [4.78, 5) is 52.5. The van der Waals surface area contributed by atoms with Gasteiger partial charge in [0.2, 0.25) is 17.7 Å². The van der Waals surface area contributed by atoms with E-state index in [0.717, 1.165) is 11.6 Å². The van der Waals surface area contributed by atoms with Crippen LogP contribution in [-0.2, 0) is 41.6 Å². The molecule has 0 bridgehead atoms. The van der Waals surface area contributed by atoms with Crippen LogP contribution in [0.25, 0.3) is 0 Å². The summed E-state index contributed by atoms with van der Waals surface area (Å²) in [6, 6.07) is 7.64. The zero-order valence-corrected chi connectivity index (χ0v) is 23.2. The molecule has 2 N–H and O–H groups in total.